The molecule has 4 rings (SSSR count). The number of esters is 2. The predicted octanol–water partition coefficient (Wildman–Crippen LogP) is 5.28. The standard InChI is InChI=1S/C24H38O4/c1-5-15(2)22(26)27-17-10-12-23(3)16(14-17)6-7-18-19(23)11-13-24(4)20(18)8-9-21(25)28-24/h15-20H,5-14H2,1-4H3/t15?,16?,17?,18?,19?,20?,23-,24-/m0/s1. The highest BCUT2D eigenvalue weighted by Gasteiger charge is 2.59. The molecule has 0 radical (unpaired) electrons. The predicted molar refractivity (Wildman–Crippen MR) is 107 cm³/mol. The fourth-order valence-electron chi connectivity index (χ4n) is 7.29. The summed E-state index contributed by atoms with van der Waals surface area (Å²) in [7, 11) is 0. The normalized spacial score (nSPS) is 46.4. The van der Waals surface area contributed by atoms with Gasteiger partial charge in [0.2, 0.25) is 0 Å². The highest BCUT2D eigenvalue weighted by molar-refractivity contribution is 5.72. The zero-order chi connectivity index (χ0) is 20.1. The second-order valence-electron chi connectivity index (χ2n) is 10.7. The van der Waals surface area contributed by atoms with Gasteiger partial charge >= 0.3 is 11.9 Å². The van der Waals surface area contributed by atoms with Gasteiger partial charge in [-0.3, -0.25) is 9.59 Å². The minimum absolute atomic E-state index is 0.000675. The Hall–Kier alpha value is -1.06. The van der Waals surface area contributed by atoms with Crippen LogP contribution in [0, 0.1) is 35.0 Å². The van der Waals surface area contributed by atoms with E-state index in [1.54, 1.807) is 0 Å². The van der Waals surface area contributed by atoms with E-state index in [2.05, 4.69) is 13.8 Å². The van der Waals surface area contributed by atoms with E-state index in [1.165, 1.54) is 25.7 Å². The number of hydrogen-bond acceptors (Lipinski definition) is 4. The van der Waals surface area contributed by atoms with E-state index in [0.717, 1.165) is 38.0 Å². The molecule has 0 spiro atoms. The van der Waals surface area contributed by atoms with Crippen LogP contribution in [0.3, 0.4) is 0 Å². The summed E-state index contributed by atoms with van der Waals surface area (Å²) < 4.78 is 11.8. The van der Waals surface area contributed by atoms with Gasteiger partial charge in [-0.15, -0.1) is 0 Å². The number of ether oxygens (including phenoxy) is 2. The average Bonchev–Trinajstić information content (AvgIpc) is 2.66. The van der Waals surface area contributed by atoms with E-state index < -0.39 is 0 Å². The lowest BCUT2D eigenvalue weighted by Crippen LogP contribution is -2.58. The zero-order valence-corrected chi connectivity index (χ0v) is 18.2. The van der Waals surface area contributed by atoms with Gasteiger partial charge in [-0.2, -0.15) is 0 Å². The van der Waals surface area contributed by atoms with E-state index in [1.807, 2.05) is 13.8 Å². The third-order valence-electron chi connectivity index (χ3n) is 9.25. The molecule has 1 aliphatic heterocycles. The van der Waals surface area contributed by atoms with Crippen LogP contribution < -0.4 is 0 Å². The summed E-state index contributed by atoms with van der Waals surface area (Å²) in [5.74, 6) is 2.60. The van der Waals surface area contributed by atoms with Crippen molar-refractivity contribution >= 4 is 11.9 Å². The molecule has 8 atom stereocenters. The van der Waals surface area contributed by atoms with Crippen molar-refractivity contribution in [1.29, 1.82) is 0 Å². The molecule has 0 aromatic rings. The van der Waals surface area contributed by atoms with E-state index in [4.69, 9.17) is 9.47 Å². The molecule has 158 valence electrons. The van der Waals surface area contributed by atoms with Crippen molar-refractivity contribution in [3.63, 3.8) is 0 Å². The Kier molecular flexibility index (Phi) is 5.29. The minimum atomic E-state index is -0.233. The number of hydrogen-bond donors (Lipinski definition) is 0. The molecule has 1 heterocycles. The van der Waals surface area contributed by atoms with Gasteiger partial charge in [0.05, 0.1) is 5.92 Å². The first-order valence-electron chi connectivity index (χ1n) is 11.7. The summed E-state index contributed by atoms with van der Waals surface area (Å²) in [6.07, 6.45) is 10.4. The van der Waals surface area contributed by atoms with Gasteiger partial charge in [0.1, 0.15) is 11.7 Å². The van der Waals surface area contributed by atoms with Crippen LogP contribution in [0.25, 0.3) is 0 Å². The molecular formula is C24H38O4. The first-order valence-corrected chi connectivity index (χ1v) is 11.7. The van der Waals surface area contributed by atoms with Crippen molar-refractivity contribution in [2.75, 3.05) is 0 Å². The van der Waals surface area contributed by atoms with Crippen molar-refractivity contribution in [2.45, 2.75) is 104 Å². The Balaban J connectivity index is 1.46. The molecular weight excluding hydrogens is 352 g/mol. The minimum Gasteiger partial charge on any atom is -0.462 e. The van der Waals surface area contributed by atoms with Crippen molar-refractivity contribution in [3.05, 3.63) is 0 Å². The highest BCUT2D eigenvalue weighted by Crippen LogP contribution is 2.63. The molecule has 3 saturated carbocycles. The molecule has 6 unspecified atom stereocenters. The van der Waals surface area contributed by atoms with E-state index in [-0.39, 0.29) is 29.6 Å². The van der Waals surface area contributed by atoms with Gasteiger partial charge in [0.25, 0.3) is 0 Å². The first kappa shape index (κ1) is 20.2. The van der Waals surface area contributed by atoms with Gasteiger partial charge in [-0.25, -0.2) is 0 Å². The first-order chi connectivity index (χ1) is 13.3. The van der Waals surface area contributed by atoms with Crippen LogP contribution in [-0.2, 0) is 19.1 Å². The van der Waals surface area contributed by atoms with Gasteiger partial charge < -0.3 is 9.47 Å². The lowest BCUT2D eigenvalue weighted by atomic mass is 9.46. The number of fused-ring (bicyclic) bond motifs is 5. The maximum Gasteiger partial charge on any atom is 0.308 e. The van der Waals surface area contributed by atoms with Crippen molar-refractivity contribution < 1.29 is 19.1 Å². The second kappa shape index (κ2) is 7.32. The zero-order valence-electron chi connectivity index (χ0n) is 18.2. The Morgan fingerprint density at radius 3 is 2.68 bits per heavy atom. The van der Waals surface area contributed by atoms with Crippen molar-refractivity contribution in [2.24, 2.45) is 35.0 Å². The summed E-state index contributed by atoms with van der Waals surface area (Å²) >= 11 is 0. The molecule has 4 nitrogen and oxygen atoms in total. The average molecular weight is 391 g/mol. The van der Waals surface area contributed by atoms with Crippen LogP contribution in [0.15, 0.2) is 0 Å². The topological polar surface area (TPSA) is 52.6 Å². The maximum atomic E-state index is 12.3. The smallest absolute Gasteiger partial charge is 0.308 e. The Morgan fingerprint density at radius 1 is 1.14 bits per heavy atom. The Bertz CT molecular complexity index is 630. The van der Waals surface area contributed by atoms with Crippen LogP contribution in [0.1, 0.15) is 91.9 Å². The SMILES string of the molecule is CCC(C)C(=O)OC1CC[C@@]2(C)C(CCC3C2CC[C@]2(C)OC(=O)CCC32)C1. The maximum absolute atomic E-state index is 12.3. The van der Waals surface area contributed by atoms with Crippen LogP contribution in [0.2, 0.25) is 0 Å². The molecule has 0 amide bonds. The third kappa shape index (κ3) is 3.29. The quantitative estimate of drug-likeness (QED) is 0.615. The molecule has 4 aliphatic rings. The Labute approximate surface area is 170 Å². The summed E-state index contributed by atoms with van der Waals surface area (Å²) in [5.41, 5.74) is 0.119. The highest BCUT2D eigenvalue weighted by atomic mass is 16.6. The lowest BCUT2D eigenvalue weighted by molar-refractivity contribution is -0.205. The fourth-order valence-corrected chi connectivity index (χ4v) is 7.29. The molecule has 0 aromatic carbocycles. The molecule has 0 bridgehead atoms. The third-order valence-corrected chi connectivity index (χ3v) is 9.25. The monoisotopic (exact) mass is 390 g/mol. The van der Waals surface area contributed by atoms with E-state index >= 15 is 0 Å². The van der Waals surface area contributed by atoms with E-state index in [0.29, 0.717) is 29.6 Å². The summed E-state index contributed by atoms with van der Waals surface area (Å²) in [6, 6.07) is 0. The van der Waals surface area contributed by atoms with Crippen LogP contribution in [0.4, 0.5) is 0 Å². The molecule has 0 aromatic heterocycles. The van der Waals surface area contributed by atoms with Gasteiger partial charge in [0, 0.05) is 12.3 Å². The summed E-state index contributed by atoms with van der Waals surface area (Å²) in [6.45, 7) is 8.71. The van der Waals surface area contributed by atoms with Crippen molar-refractivity contribution in [1.82, 2.24) is 0 Å². The molecule has 4 heteroatoms. The van der Waals surface area contributed by atoms with Gasteiger partial charge in [-0.1, -0.05) is 20.8 Å². The largest absolute Gasteiger partial charge is 0.462 e. The molecule has 1 saturated heterocycles. The summed E-state index contributed by atoms with van der Waals surface area (Å²) in [4.78, 5) is 24.2. The summed E-state index contributed by atoms with van der Waals surface area (Å²) in [5, 5.41) is 0. The molecule has 4 fully saturated rings. The van der Waals surface area contributed by atoms with E-state index in [9.17, 15) is 9.59 Å². The van der Waals surface area contributed by atoms with Gasteiger partial charge in [0.15, 0.2) is 0 Å². The number of rotatable bonds is 3. The van der Waals surface area contributed by atoms with Crippen LogP contribution in [0.5, 0.6) is 0 Å². The molecule has 0 N–H and O–H groups in total. The van der Waals surface area contributed by atoms with Crippen molar-refractivity contribution in [3.8, 4) is 0 Å². The lowest BCUT2D eigenvalue weighted by Gasteiger charge is -2.61. The Morgan fingerprint density at radius 2 is 1.93 bits per heavy atom. The number of carbonyl (C=O) groups is 2. The number of carbonyl (C=O) groups excluding carboxylic acids is 2. The molecule has 28 heavy (non-hydrogen) atoms. The van der Waals surface area contributed by atoms with Gasteiger partial charge in [-0.05, 0) is 87.9 Å². The molecule has 3 aliphatic carbocycles. The van der Waals surface area contributed by atoms with Crippen LogP contribution >= 0.6 is 0 Å². The second-order valence-corrected chi connectivity index (χ2v) is 10.7. The fraction of sp³-hybridized carbons (Fsp3) is 0.917. The van der Waals surface area contributed by atoms with Crippen LogP contribution in [-0.4, -0.2) is 23.6 Å².